The van der Waals surface area contributed by atoms with Crippen molar-refractivity contribution in [3.8, 4) is 0 Å². The second-order valence-corrected chi connectivity index (χ2v) is 14.6. The molecule has 3 fully saturated rings. The fraction of sp³-hybridized carbons (Fsp3) is 0.515. The van der Waals surface area contributed by atoms with Crippen molar-refractivity contribution < 1.29 is 24.3 Å². The van der Waals surface area contributed by atoms with E-state index in [9.17, 15) is 24.3 Å². The Balaban J connectivity index is 1.10. The Bertz CT molecular complexity index is 1500. The van der Waals surface area contributed by atoms with Crippen LogP contribution in [0, 0.1) is 0 Å². The lowest BCUT2D eigenvalue weighted by molar-refractivity contribution is -0.144. The van der Waals surface area contributed by atoms with E-state index in [0.29, 0.717) is 79.5 Å². The Morgan fingerprint density at radius 1 is 0.936 bits per heavy atom. The van der Waals surface area contributed by atoms with Crippen LogP contribution in [0.2, 0.25) is 0 Å². The van der Waals surface area contributed by atoms with Crippen molar-refractivity contribution in [1.82, 2.24) is 24.9 Å². The van der Waals surface area contributed by atoms with Crippen molar-refractivity contribution in [2.75, 3.05) is 43.8 Å². The van der Waals surface area contributed by atoms with Gasteiger partial charge in [-0.15, -0.1) is 0 Å². The molecule has 6 rings (SSSR count). The van der Waals surface area contributed by atoms with E-state index in [1.54, 1.807) is 9.80 Å². The van der Waals surface area contributed by atoms with Gasteiger partial charge in [-0.25, -0.2) is 9.59 Å². The van der Waals surface area contributed by atoms with E-state index in [0.717, 1.165) is 29.8 Å². The second-order valence-electron chi connectivity index (χ2n) is 12.9. The Kier molecular flexibility index (Phi) is 10.3. The standard InChI is InChI=1S/C33H41Br2N7O5/c34-24-16-20(17-25(35)29(24)36)18-27(30(43)39-12-7-22(8-13-39)41-11-3-6-28(41)31(44)45)38-32(46)40-14-9-23(10-15-40)42-19-21-4-1-2-5-26(21)37-33(42)47/h1-2,4-5,16-17,22-23,27-28H,3,6-15,18-19,36H2,(H,37,47)(H,38,46)(H,44,45)/t27-,28+/m1/s1. The third-order valence-electron chi connectivity index (χ3n) is 10.1. The maximum absolute atomic E-state index is 14.0. The normalized spacial score (nSPS) is 21.7. The summed E-state index contributed by atoms with van der Waals surface area (Å²) in [4.78, 5) is 59.8. The first kappa shape index (κ1) is 33.5. The average molecular weight is 776 g/mol. The number of anilines is 2. The molecule has 0 saturated carbocycles. The molecule has 0 aliphatic carbocycles. The van der Waals surface area contributed by atoms with E-state index < -0.39 is 18.1 Å². The van der Waals surface area contributed by atoms with Crippen LogP contribution in [0.1, 0.15) is 49.7 Å². The highest BCUT2D eigenvalue weighted by molar-refractivity contribution is 9.11. The Morgan fingerprint density at radius 3 is 2.26 bits per heavy atom. The molecule has 3 saturated heterocycles. The quantitative estimate of drug-likeness (QED) is 0.303. The summed E-state index contributed by atoms with van der Waals surface area (Å²) in [5.41, 5.74) is 9.41. The molecule has 4 heterocycles. The van der Waals surface area contributed by atoms with Crippen LogP contribution in [0.4, 0.5) is 21.0 Å². The van der Waals surface area contributed by atoms with Crippen molar-refractivity contribution in [2.45, 2.75) is 75.7 Å². The summed E-state index contributed by atoms with van der Waals surface area (Å²) >= 11 is 6.99. The minimum Gasteiger partial charge on any atom is -0.480 e. The van der Waals surface area contributed by atoms with Crippen LogP contribution in [0.3, 0.4) is 0 Å². The molecule has 4 aliphatic rings. The summed E-state index contributed by atoms with van der Waals surface area (Å²) in [5.74, 6) is -0.936. The highest BCUT2D eigenvalue weighted by Crippen LogP contribution is 2.31. The van der Waals surface area contributed by atoms with Crippen molar-refractivity contribution in [3.05, 3.63) is 56.5 Å². The fourth-order valence-corrected chi connectivity index (χ4v) is 8.74. The zero-order valence-electron chi connectivity index (χ0n) is 26.2. The van der Waals surface area contributed by atoms with E-state index >= 15 is 0 Å². The number of carboxylic acids is 1. The molecule has 0 unspecified atom stereocenters. The number of benzene rings is 2. The SMILES string of the molecule is Nc1c(Br)cc(C[C@@H](NC(=O)N2CCC(N3Cc4ccccc4NC3=O)CC2)C(=O)N2CCC(N3CCC[C@H]3C(=O)O)CC2)cc1Br. The van der Waals surface area contributed by atoms with E-state index in [1.807, 2.05) is 41.3 Å². The average Bonchev–Trinajstić information content (AvgIpc) is 3.57. The topological polar surface area (TPSA) is 152 Å². The molecule has 12 nitrogen and oxygen atoms in total. The number of amides is 5. The number of halogens is 2. The molecule has 252 valence electrons. The number of likely N-dealkylation sites (tertiary alicyclic amines) is 3. The predicted molar refractivity (Wildman–Crippen MR) is 185 cm³/mol. The molecule has 5 N–H and O–H groups in total. The van der Waals surface area contributed by atoms with E-state index in [1.165, 1.54) is 0 Å². The number of urea groups is 2. The maximum atomic E-state index is 14.0. The number of carbonyl (C=O) groups is 4. The summed E-state index contributed by atoms with van der Waals surface area (Å²) in [7, 11) is 0. The van der Waals surface area contributed by atoms with E-state index in [4.69, 9.17) is 5.73 Å². The summed E-state index contributed by atoms with van der Waals surface area (Å²) in [6.45, 7) is 3.23. The summed E-state index contributed by atoms with van der Waals surface area (Å²) < 4.78 is 1.40. The number of nitrogen functional groups attached to an aromatic ring is 1. The van der Waals surface area contributed by atoms with Crippen LogP contribution in [0.5, 0.6) is 0 Å². The number of carbonyl (C=O) groups excluding carboxylic acids is 3. The molecule has 47 heavy (non-hydrogen) atoms. The minimum absolute atomic E-state index is 0.00643. The van der Waals surface area contributed by atoms with Crippen LogP contribution >= 0.6 is 31.9 Å². The van der Waals surface area contributed by atoms with Gasteiger partial charge in [0.05, 0.1) is 5.69 Å². The molecular weight excluding hydrogens is 734 g/mol. The van der Waals surface area contributed by atoms with Crippen LogP contribution in [0.25, 0.3) is 0 Å². The zero-order valence-corrected chi connectivity index (χ0v) is 29.3. The smallest absolute Gasteiger partial charge is 0.322 e. The van der Waals surface area contributed by atoms with Crippen LogP contribution < -0.4 is 16.4 Å². The van der Waals surface area contributed by atoms with Crippen LogP contribution in [-0.2, 0) is 22.6 Å². The molecule has 5 amide bonds. The molecule has 0 aromatic heterocycles. The van der Waals surface area contributed by atoms with Gasteiger partial charge in [0.15, 0.2) is 0 Å². The fourth-order valence-electron chi connectivity index (χ4n) is 7.46. The van der Waals surface area contributed by atoms with Gasteiger partial charge in [-0.3, -0.25) is 14.5 Å². The van der Waals surface area contributed by atoms with Gasteiger partial charge in [0.1, 0.15) is 12.1 Å². The summed E-state index contributed by atoms with van der Waals surface area (Å²) in [5, 5.41) is 15.7. The molecule has 2 atom stereocenters. The van der Waals surface area contributed by atoms with Crippen LogP contribution in [-0.4, -0.2) is 106 Å². The Morgan fingerprint density at radius 2 is 1.57 bits per heavy atom. The first-order valence-electron chi connectivity index (χ1n) is 16.3. The predicted octanol–water partition coefficient (Wildman–Crippen LogP) is 4.47. The number of nitrogens with zero attached hydrogens (tertiary/aromatic N) is 4. The first-order chi connectivity index (χ1) is 22.6. The van der Waals surface area contributed by atoms with E-state index in [-0.39, 0.29) is 36.5 Å². The number of aliphatic carboxylic acids is 1. The van der Waals surface area contributed by atoms with Gasteiger partial charge >= 0.3 is 18.0 Å². The second kappa shape index (κ2) is 14.4. The Labute approximate surface area is 291 Å². The van der Waals surface area contributed by atoms with Gasteiger partial charge in [-0.2, -0.15) is 0 Å². The molecule has 14 heteroatoms. The van der Waals surface area contributed by atoms with Gasteiger partial charge in [0.2, 0.25) is 5.91 Å². The molecule has 4 aliphatic heterocycles. The number of carboxylic acid groups (broad SMARTS) is 1. The van der Waals surface area contributed by atoms with Crippen molar-refractivity contribution >= 4 is 67.2 Å². The lowest BCUT2D eigenvalue weighted by atomic mass is 9.99. The number of nitrogens with one attached hydrogen (secondary N) is 2. The lowest BCUT2D eigenvalue weighted by Crippen LogP contribution is -2.58. The van der Waals surface area contributed by atoms with Gasteiger partial charge in [-0.1, -0.05) is 18.2 Å². The lowest BCUT2D eigenvalue weighted by Gasteiger charge is -2.41. The van der Waals surface area contributed by atoms with Crippen LogP contribution in [0.15, 0.2) is 45.3 Å². The Hall–Kier alpha value is -3.36. The molecule has 2 aromatic carbocycles. The van der Waals surface area contributed by atoms with Crippen molar-refractivity contribution in [1.29, 1.82) is 0 Å². The van der Waals surface area contributed by atoms with Gasteiger partial charge in [-0.05, 0) is 106 Å². The number of fused-ring (bicyclic) bond motifs is 1. The van der Waals surface area contributed by atoms with Gasteiger partial charge < -0.3 is 36.2 Å². The van der Waals surface area contributed by atoms with Crippen molar-refractivity contribution in [3.63, 3.8) is 0 Å². The first-order valence-corrected chi connectivity index (χ1v) is 17.9. The number of hydrogen-bond acceptors (Lipinski definition) is 6. The summed E-state index contributed by atoms with van der Waals surface area (Å²) in [6, 6.07) is 9.96. The van der Waals surface area contributed by atoms with Gasteiger partial charge in [0.25, 0.3) is 0 Å². The maximum Gasteiger partial charge on any atom is 0.322 e. The number of piperidine rings is 2. The van der Waals surface area contributed by atoms with Crippen molar-refractivity contribution in [2.24, 2.45) is 0 Å². The number of rotatable bonds is 7. The number of hydrogen-bond donors (Lipinski definition) is 4. The third-order valence-corrected chi connectivity index (χ3v) is 11.4. The number of nitrogens with two attached hydrogens (primary N) is 1. The molecule has 0 spiro atoms. The highest BCUT2D eigenvalue weighted by Gasteiger charge is 2.39. The molecule has 2 aromatic rings. The molecule has 0 radical (unpaired) electrons. The third kappa shape index (κ3) is 7.39. The zero-order chi connectivity index (χ0) is 33.2. The largest absolute Gasteiger partial charge is 0.480 e. The number of para-hydroxylation sites is 1. The minimum atomic E-state index is -0.804. The summed E-state index contributed by atoms with van der Waals surface area (Å²) in [6.07, 6.45) is 4.47. The van der Waals surface area contributed by atoms with Gasteiger partial charge in [0, 0.05) is 65.9 Å². The van der Waals surface area contributed by atoms with E-state index in [2.05, 4.69) is 47.4 Å². The monoisotopic (exact) mass is 773 g/mol. The molecular formula is C33H41Br2N7O5. The highest BCUT2D eigenvalue weighted by atomic mass is 79.9. The molecule has 0 bridgehead atoms.